The van der Waals surface area contributed by atoms with E-state index in [4.69, 9.17) is 0 Å². The van der Waals surface area contributed by atoms with E-state index < -0.39 is 12.1 Å². The van der Waals surface area contributed by atoms with E-state index in [9.17, 15) is 14.4 Å². The topological polar surface area (TPSA) is 69.7 Å². The number of carbonyl (C=O) groups is 3. The Balaban J connectivity index is 1.61. The molecule has 1 heterocycles. The zero-order valence-corrected chi connectivity index (χ0v) is 15.5. The van der Waals surface area contributed by atoms with Gasteiger partial charge in [0.2, 0.25) is 5.91 Å². The van der Waals surface area contributed by atoms with Crippen LogP contribution in [0.15, 0.2) is 54.6 Å². The third-order valence-corrected chi connectivity index (χ3v) is 4.78. The number of hydrogen-bond acceptors (Lipinski definition) is 3. The fourth-order valence-electron chi connectivity index (χ4n) is 3.10. The van der Waals surface area contributed by atoms with Gasteiger partial charge in [0, 0.05) is 20.0 Å². The second-order valence-electron chi connectivity index (χ2n) is 6.79. The molecular formula is C21H23N3O3. The van der Waals surface area contributed by atoms with Crippen molar-refractivity contribution in [1.82, 2.24) is 15.1 Å². The van der Waals surface area contributed by atoms with Crippen molar-refractivity contribution in [2.45, 2.75) is 25.9 Å². The summed E-state index contributed by atoms with van der Waals surface area (Å²) in [5.74, 6) is -0.636. The first-order valence-electron chi connectivity index (χ1n) is 8.90. The van der Waals surface area contributed by atoms with Crippen LogP contribution >= 0.6 is 0 Å². The van der Waals surface area contributed by atoms with E-state index in [2.05, 4.69) is 5.32 Å². The molecule has 0 saturated carbocycles. The summed E-state index contributed by atoms with van der Waals surface area (Å²) in [6, 6.07) is 16.2. The van der Waals surface area contributed by atoms with Crippen LogP contribution in [0, 0.1) is 6.92 Å². The first kappa shape index (κ1) is 18.6. The maximum atomic E-state index is 12.6. The molecule has 0 spiro atoms. The van der Waals surface area contributed by atoms with Crippen molar-refractivity contribution in [3.05, 3.63) is 71.3 Å². The molecular weight excluding hydrogens is 342 g/mol. The first-order valence-corrected chi connectivity index (χ1v) is 8.90. The Kier molecular flexibility index (Phi) is 5.54. The van der Waals surface area contributed by atoms with Crippen molar-refractivity contribution in [2.75, 3.05) is 13.6 Å². The molecule has 1 fully saturated rings. The molecule has 4 amide bonds. The largest absolute Gasteiger partial charge is 0.340 e. The molecule has 1 unspecified atom stereocenters. The molecule has 2 aromatic carbocycles. The molecule has 2 aromatic rings. The summed E-state index contributed by atoms with van der Waals surface area (Å²) < 4.78 is 0. The predicted molar refractivity (Wildman–Crippen MR) is 102 cm³/mol. The van der Waals surface area contributed by atoms with Gasteiger partial charge in [0.15, 0.2) is 0 Å². The maximum Gasteiger partial charge on any atom is 0.325 e. The van der Waals surface area contributed by atoms with Gasteiger partial charge in [-0.3, -0.25) is 14.5 Å². The lowest BCUT2D eigenvalue weighted by Gasteiger charge is -2.21. The van der Waals surface area contributed by atoms with E-state index in [0.29, 0.717) is 13.0 Å². The molecule has 0 radical (unpaired) electrons. The fourth-order valence-corrected chi connectivity index (χ4v) is 3.10. The lowest BCUT2D eigenvalue weighted by atomic mass is 10.1. The summed E-state index contributed by atoms with van der Waals surface area (Å²) in [5.41, 5.74) is 3.09. The molecule has 0 aromatic heterocycles. The number of urea groups is 1. The number of rotatable bonds is 6. The number of carbonyl (C=O) groups excluding carboxylic acids is 3. The number of benzene rings is 2. The SMILES string of the molecule is Cc1ccccc1CN(C)C(=O)CN1C(=O)NC(Cc2ccccc2)C1=O. The Hall–Kier alpha value is -3.15. The molecule has 0 bridgehead atoms. The summed E-state index contributed by atoms with van der Waals surface area (Å²) >= 11 is 0. The minimum atomic E-state index is -0.630. The van der Waals surface area contributed by atoms with Gasteiger partial charge in [0.25, 0.3) is 5.91 Å². The van der Waals surface area contributed by atoms with Gasteiger partial charge in [-0.05, 0) is 23.6 Å². The van der Waals surface area contributed by atoms with E-state index in [-0.39, 0.29) is 18.4 Å². The summed E-state index contributed by atoms with van der Waals surface area (Å²) in [6.45, 7) is 2.17. The van der Waals surface area contributed by atoms with Gasteiger partial charge in [0.1, 0.15) is 12.6 Å². The zero-order valence-electron chi connectivity index (χ0n) is 15.5. The van der Waals surface area contributed by atoms with Crippen molar-refractivity contribution in [3.63, 3.8) is 0 Å². The fraction of sp³-hybridized carbons (Fsp3) is 0.286. The zero-order chi connectivity index (χ0) is 19.4. The monoisotopic (exact) mass is 365 g/mol. The molecule has 1 saturated heterocycles. The van der Waals surface area contributed by atoms with E-state index in [0.717, 1.165) is 21.6 Å². The molecule has 6 nitrogen and oxygen atoms in total. The number of aryl methyl sites for hydroxylation is 1. The Morgan fingerprint density at radius 1 is 1.07 bits per heavy atom. The van der Waals surface area contributed by atoms with Crippen LogP contribution in [-0.2, 0) is 22.6 Å². The van der Waals surface area contributed by atoms with Crippen molar-refractivity contribution in [2.24, 2.45) is 0 Å². The Morgan fingerprint density at radius 3 is 2.44 bits per heavy atom. The van der Waals surface area contributed by atoms with Crippen LogP contribution in [0.5, 0.6) is 0 Å². The molecule has 0 aliphatic carbocycles. The minimum absolute atomic E-state index is 0.252. The average Bonchev–Trinajstić information content (AvgIpc) is 2.91. The smallest absolute Gasteiger partial charge is 0.325 e. The van der Waals surface area contributed by atoms with Gasteiger partial charge >= 0.3 is 6.03 Å². The molecule has 1 N–H and O–H groups in total. The van der Waals surface area contributed by atoms with E-state index in [1.54, 1.807) is 7.05 Å². The van der Waals surface area contributed by atoms with E-state index in [1.165, 1.54) is 4.90 Å². The summed E-state index contributed by atoms with van der Waals surface area (Å²) in [5, 5.41) is 2.67. The summed E-state index contributed by atoms with van der Waals surface area (Å²) in [7, 11) is 1.68. The molecule has 1 atom stereocenters. The second-order valence-corrected chi connectivity index (χ2v) is 6.79. The molecule has 1 aliphatic rings. The highest BCUT2D eigenvalue weighted by molar-refractivity contribution is 6.06. The van der Waals surface area contributed by atoms with Gasteiger partial charge in [0.05, 0.1) is 0 Å². The lowest BCUT2D eigenvalue weighted by Crippen LogP contribution is -2.41. The number of nitrogens with one attached hydrogen (secondary N) is 1. The average molecular weight is 365 g/mol. The van der Waals surface area contributed by atoms with E-state index in [1.807, 2.05) is 61.5 Å². The van der Waals surface area contributed by atoms with Crippen molar-refractivity contribution < 1.29 is 14.4 Å². The Morgan fingerprint density at radius 2 is 1.74 bits per heavy atom. The maximum absolute atomic E-state index is 12.6. The molecule has 3 rings (SSSR count). The second kappa shape index (κ2) is 8.03. The normalized spacial score (nSPS) is 16.4. The summed E-state index contributed by atoms with van der Waals surface area (Å²) in [6.07, 6.45) is 0.412. The predicted octanol–water partition coefficient (Wildman–Crippen LogP) is 2.12. The van der Waals surface area contributed by atoms with Crippen molar-refractivity contribution >= 4 is 17.8 Å². The van der Waals surface area contributed by atoms with Gasteiger partial charge in [-0.1, -0.05) is 54.6 Å². The Bertz CT molecular complexity index is 851. The van der Waals surface area contributed by atoms with E-state index >= 15 is 0 Å². The van der Waals surface area contributed by atoms with Gasteiger partial charge in [-0.15, -0.1) is 0 Å². The number of nitrogens with zero attached hydrogens (tertiary/aromatic N) is 2. The summed E-state index contributed by atoms with van der Waals surface area (Å²) in [4.78, 5) is 39.8. The van der Waals surface area contributed by atoms with Crippen LogP contribution in [-0.4, -0.2) is 47.3 Å². The van der Waals surface area contributed by atoms with Crippen LogP contribution in [0.1, 0.15) is 16.7 Å². The highest BCUT2D eigenvalue weighted by atomic mass is 16.2. The quantitative estimate of drug-likeness (QED) is 0.797. The van der Waals surface area contributed by atoms with Crippen molar-refractivity contribution in [1.29, 1.82) is 0 Å². The molecule has 140 valence electrons. The molecule has 27 heavy (non-hydrogen) atoms. The van der Waals surface area contributed by atoms with Crippen LogP contribution < -0.4 is 5.32 Å². The van der Waals surface area contributed by atoms with Crippen molar-refractivity contribution in [3.8, 4) is 0 Å². The van der Waals surface area contributed by atoms with Gasteiger partial charge in [-0.25, -0.2) is 4.79 Å². The van der Waals surface area contributed by atoms with Crippen LogP contribution in [0.4, 0.5) is 4.79 Å². The molecule has 1 aliphatic heterocycles. The van der Waals surface area contributed by atoms with Crippen LogP contribution in [0.3, 0.4) is 0 Å². The number of imide groups is 1. The lowest BCUT2D eigenvalue weighted by molar-refractivity contribution is -0.136. The molecule has 6 heteroatoms. The number of hydrogen-bond donors (Lipinski definition) is 1. The van der Waals surface area contributed by atoms with Crippen LogP contribution in [0.25, 0.3) is 0 Å². The van der Waals surface area contributed by atoms with Gasteiger partial charge < -0.3 is 10.2 Å². The van der Waals surface area contributed by atoms with Gasteiger partial charge in [-0.2, -0.15) is 0 Å². The standard InChI is InChI=1S/C21H23N3O3/c1-15-8-6-7-11-17(15)13-23(2)19(25)14-24-20(26)18(22-21(24)27)12-16-9-4-3-5-10-16/h3-11,18H,12-14H2,1-2H3,(H,22,27). The number of likely N-dealkylation sites (N-methyl/N-ethyl adjacent to an activating group) is 1. The highest BCUT2D eigenvalue weighted by Crippen LogP contribution is 2.14. The first-order chi connectivity index (χ1) is 13.0. The minimum Gasteiger partial charge on any atom is -0.340 e. The Labute approximate surface area is 158 Å². The third-order valence-electron chi connectivity index (χ3n) is 4.78. The third kappa shape index (κ3) is 4.34. The van der Waals surface area contributed by atoms with Crippen LogP contribution in [0.2, 0.25) is 0 Å². The highest BCUT2D eigenvalue weighted by Gasteiger charge is 2.39. The number of amides is 4.